The van der Waals surface area contributed by atoms with Gasteiger partial charge in [-0.25, -0.2) is 0 Å². The number of rotatable bonds is 5. The van der Waals surface area contributed by atoms with Crippen molar-refractivity contribution in [3.8, 4) is 17.0 Å². The molecule has 0 N–H and O–H groups in total. The fraction of sp³-hybridized carbons (Fsp3) is 0.333. The Morgan fingerprint density at radius 1 is 1.10 bits per heavy atom. The number of amides is 1. The van der Waals surface area contributed by atoms with Gasteiger partial charge in [0.25, 0.3) is 5.91 Å². The van der Waals surface area contributed by atoms with E-state index in [2.05, 4.69) is 17.3 Å². The number of hydrogen-bond acceptors (Lipinski definition) is 4. The molecule has 0 atom stereocenters. The molecule has 3 aromatic rings. The molecule has 0 aliphatic carbocycles. The van der Waals surface area contributed by atoms with Crippen molar-refractivity contribution in [1.82, 2.24) is 10.1 Å². The van der Waals surface area contributed by atoms with Crippen molar-refractivity contribution in [3.05, 3.63) is 71.5 Å². The van der Waals surface area contributed by atoms with Crippen LogP contribution in [0.4, 0.5) is 0 Å². The highest BCUT2D eigenvalue weighted by atomic mass is 16.5. The lowest BCUT2D eigenvalue weighted by Gasteiger charge is -2.31. The minimum atomic E-state index is -0.0706. The molecule has 4 rings (SSSR count). The smallest absolute Gasteiger partial charge is 0.292 e. The second kappa shape index (κ2) is 8.52. The Morgan fingerprint density at radius 2 is 1.79 bits per heavy atom. The molecular weight excluding hydrogens is 364 g/mol. The Kier molecular flexibility index (Phi) is 5.65. The third kappa shape index (κ3) is 4.50. The molecule has 0 spiro atoms. The molecule has 5 heteroatoms. The normalized spacial score (nSPS) is 14.8. The quantitative estimate of drug-likeness (QED) is 0.631. The van der Waals surface area contributed by atoms with Crippen molar-refractivity contribution < 1.29 is 14.1 Å². The first-order chi connectivity index (χ1) is 14.1. The maximum atomic E-state index is 12.8. The second-order valence-electron chi connectivity index (χ2n) is 7.73. The fourth-order valence-corrected chi connectivity index (χ4v) is 3.83. The number of aryl methyl sites for hydroxylation is 1. The summed E-state index contributed by atoms with van der Waals surface area (Å²) in [6, 6.07) is 18.0. The number of benzene rings is 2. The lowest BCUT2D eigenvalue weighted by atomic mass is 9.90. The van der Waals surface area contributed by atoms with Crippen molar-refractivity contribution in [3.63, 3.8) is 0 Å². The highest BCUT2D eigenvalue weighted by molar-refractivity contribution is 5.92. The van der Waals surface area contributed by atoms with Crippen LogP contribution in [0.3, 0.4) is 0 Å². The molecule has 1 aliphatic rings. The van der Waals surface area contributed by atoms with Crippen LogP contribution in [0, 0.1) is 12.8 Å². The van der Waals surface area contributed by atoms with Crippen molar-refractivity contribution in [1.29, 1.82) is 0 Å². The summed E-state index contributed by atoms with van der Waals surface area (Å²) >= 11 is 0. The van der Waals surface area contributed by atoms with Gasteiger partial charge in [-0.1, -0.05) is 47.1 Å². The molecule has 2 aromatic carbocycles. The average Bonchev–Trinajstić information content (AvgIpc) is 3.25. The first-order valence-electron chi connectivity index (χ1n) is 10.1. The Bertz CT molecular complexity index is 953. The van der Waals surface area contributed by atoms with Gasteiger partial charge < -0.3 is 14.2 Å². The third-order valence-electron chi connectivity index (χ3n) is 5.65. The van der Waals surface area contributed by atoms with E-state index in [1.807, 2.05) is 48.2 Å². The fourth-order valence-electron chi connectivity index (χ4n) is 3.83. The predicted molar refractivity (Wildman–Crippen MR) is 112 cm³/mol. The Hall–Kier alpha value is -3.08. The Labute approximate surface area is 171 Å². The third-order valence-corrected chi connectivity index (χ3v) is 5.65. The molecule has 150 valence electrons. The Morgan fingerprint density at radius 3 is 2.45 bits per heavy atom. The minimum absolute atomic E-state index is 0.0706. The topological polar surface area (TPSA) is 55.6 Å². The molecule has 0 bridgehead atoms. The molecular formula is C24H26N2O3. The minimum Gasteiger partial charge on any atom is -0.497 e. The van der Waals surface area contributed by atoms with Crippen molar-refractivity contribution in [2.45, 2.75) is 26.2 Å². The number of nitrogens with zero attached hydrogens (tertiary/aromatic N) is 2. The van der Waals surface area contributed by atoms with Crippen molar-refractivity contribution in [2.75, 3.05) is 20.2 Å². The SMILES string of the molecule is COc1ccc(CC2CCN(C(=O)c3cc(-c4ccc(C)cc4)no3)CC2)cc1. The van der Waals surface area contributed by atoms with E-state index in [1.54, 1.807) is 13.2 Å². The number of carbonyl (C=O) groups excluding carboxylic acids is 1. The van der Waals surface area contributed by atoms with E-state index in [4.69, 9.17) is 9.26 Å². The molecule has 0 radical (unpaired) electrons. The van der Waals surface area contributed by atoms with Gasteiger partial charge in [-0.05, 0) is 49.8 Å². The van der Waals surface area contributed by atoms with E-state index >= 15 is 0 Å². The van der Waals surface area contributed by atoms with Gasteiger partial charge in [0.1, 0.15) is 11.4 Å². The van der Waals surface area contributed by atoms with Crippen molar-refractivity contribution in [2.24, 2.45) is 5.92 Å². The zero-order chi connectivity index (χ0) is 20.2. The summed E-state index contributed by atoms with van der Waals surface area (Å²) in [7, 11) is 1.68. The van der Waals surface area contributed by atoms with Gasteiger partial charge in [0.05, 0.1) is 7.11 Å². The van der Waals surface area contributed by atoms with Crippen LogP contribution in [0.2, 0.25) is 0 Å². The number of likely N-dealkylation sites (tertiary alicyclic amines) is 1. The van der Waals surface area contributed by atoms with E-state index in [0.29, 0.717) is 17.4 Å². The van der Waals surface area contributed by atoms with E-state index in [1.165, 1.54) is 11.1 Å². The second-order valence-corrected chi connectivity index (χ2v) is 7.73. The highest BCUT2D eigenvalue weighted by Crippen LogP contribution is 2.25. The van der Waals surface area contributed by atoms with Crippen LogP contribution in [0.1, 0.15) is 34.5 Å². The molecule has 5 nitrogen and oxygen atoms in total. The number of ether oxygens (including phenoxy) is 1. The van der Waals surface area contributed by atoms with Gasteiger partial charge in [0, 0.05) is 24.7 Å². The summed E-state index contributed by atoms with van der Waals surface area (Å²) < 4.78 is 10.6. The zero-order valence-corrected chi connectivity index (χ0v) is 16.9. The van der Waals surface area contributed by atoms with Crippen LogP contribution in [-0.4, -0.2) is 36.2 Å². The number of carbonyl (C=O) groups is 1. The van der Waals surface area contributed by atoms with Crippen LogP contribution in [0.25, 0.3) is 11.3 Å². The molecule has 0 saturated carbocycles. The largest absolute Gasteiger partial charge is 0.497 e. The number of aromatic nitrogens is 1. The molecule has 0 unspecified atom stereocenters. The molecule has 2 heterocycles. The van der Waals surface area contributed by atoms with Gasteiger partial charge in [-0.2, -0.15) is 0 Å². The van der Waals surface area contributed by atoms with E-state index in [9.17, 15) is 4.79 Å². The predicted octanol–water partition coefficient (Wildman–Crippen LogP) is 4.75. The number of methoxy groups -OCH3 is 1. The summed E-state index contributed by atoms with van der Waals surface area (Å²) in [6.07, 6.45) is 3.03. The number of piperidine rings is 1. The Balaban J connectivity index is 1.33. The maximum absolute atomic E-state index is 12.8. The van der Waals surface area contributed by atoms with E-state index in [0.717, 1.165) is 43.7 Å². The average molecular weight is 390 g/mol. The standard InChI is InChI=1S/C24H26N2O3/c1-17-3-7-20(8-4-17)22-16-23(29-25-22)24(27)26-13-11-19(12-14-26)15-18-5-9-21(28-2)10-6-18/h3-10,16,19H,11-15H2,1-2H3. The lowest BCUT2D eigenvalue weighted by Crippen LogP contribution is -2.38. The molecule has 1 aromatic heterocycles. The van der Waals surface area contributed by atoms with Crippen LogP contribution >= 0.6 is 0 Å². The maximum Gasteiger partial charge on any atom is 0.292 e. The molecule has 1 fully saturated rings. The van der Waals surface area contributed by atoms with Gasteiger partial charge in [0.15, 0.2) is 0 Å². The van der Waals surface area contributed by atoms with Crippen molar-refractivity contribution >= 4 is 5.91 Å². The molecule has 1 aliphatic heterocycles. The highest BCUT2D eigenvalue weighted by Gasteiger charge is 2.26. The molecule has 1 amide bonds. The van der Waals surface area contributed by atoms with Crippen LogP contribution in [-0.2, 0) is 6.42 Å². The van der Waals surface area contributed by atoms with E-state index < -0.39 is 0 Å². The monoisotopic (exact) mass is 390 g/mol. The van der Waals surface area contributed by atoms with Crippen LogP contribution < -0.4 is 4.74 Å². The van der Waals surface area contributed by atoms with E-state index in [-0.39, 0.29) is 5.91 Å². The zero-order valence-electron chi connectivity index (χ0n) is 16.9. The van der Waals surface area contributed by atoms with Crippen LogP contribution in [0.5, 0.6) is 5.75 Å². The van der Waals surface area contributed by atoms with Crippen LogP contribution in [0.15, 0.2) is 59.1 Å². The summed E-state index contributed by atoms with van der Waals surface area (Å²) in [4.78, 5) is 14.7. The van der Waals surface area contributed by atoms with Gasteiger partial charge in [-0.3, -0.25) is 4.79 Å². The van der Waals surface area contributed by atoms with Gasteiger partial charge in [-0.15, -0.1) is 0 Å². The lowest BCUT2D eigenvalue weighted by molar-refractivity contribution is 0.0649. The summed E-state index contributed by atoms with van der Waals surface area (Å²) in [6.45, 7) is 3.54. The van der Waals surface area contributed by atoms with Gasteiger partial charge in [0.2, 0.25) is 5.76 Å². The molecule has 29 heavy (non-hydrogen) atoms. The first kappa shape index (κ1) is 19.2. The summed E-state index contributed by atoms with van der Waals surface area (Å²) in [5, 5.41) is 4.08. The summed E-state index contributed by atoms with van der Waals surface area (Å²) in [5.74, 6) is 1.71. The first-order valence-corrected chi connectivity index (χ1v) is 10.1. The summed E-state index contributed by atoms with van der Waals surface area (Å²) in [5.41, 5.74) is 4.15. The van der Waals surface area contributed by atoms with Gasteiger partial charge >= 0.3 is 0 Å². The number of hydrogen-bond donors (Lipinski definition) is 0. The molecule has 1 saturated heterocycles.